The molecule has 6 nitrogen and oxygen atoms in total. The van der Waals surface area contributed by atoms with Gasteiger partial charge in [-0.2, -0.15) is 0 Å². The Morgan fingerprint density at radius 1 is 1.27 bits per heavy atom. The van der Waals surface area contributed by atoms with Crippen LogP contribution in [0.4, 0.5) is 5.95 Å². The summed E-state index contributed by atoms with van der Waals surface area (Å²) in [5, 5.41) is 9.64. The van der Waals surface area contributed by atoms with Gasteiger partial charge in [-0.05, 0) is 31.5 Å². The van der Waals surface area contributed by atoms with Gasteiger partial charge in [0.25, 0.3) is 0 Å². The Morgan fingerprint density at radius 2 is 2.00 bits per heavy atom. The molecule has 0 spiro atoms. The number of carbonyl (C=O) groups is 1. The van der Waals surface area contributed by atoms with Gasteiger partial charge < -0.3 is 10.0 Å². The molecule has 0 amide bonds. The molecule has 1 aliphatic rings. The van der Waals surface area contributed by atoms with Crippen molar-refractivity contribution in [1.82, 2.24) is 14.9 Å². The summed E-state index contributed by atoms with van der Waals surface area (Å²) in [7, 11) is 3.87. The lowest BCUT2D eigenvalue weighted by atomic mass is 9.80. The molecule has 1 N–H and O–H groups in total. The molecule has 0 saturated carbocycles. The summed E-state index contributed by atoms with van der Waals surface area (Å²) < 4.78 is 0. The Morgan fingerprint density at radius 3 is 2.65 bits per heavy atom. The first-order chi connectivity index (χ1) is 12.4. The molecular weight excluding hydrogens is 328 g/mol. The van der Waals surface area contributed by atoms with Crippen molar-refractivity contribution in [3.8, 4) is 0 Å². The molecule has 0 aliphatic carbocycles. The third kappa shape index (κ3) is 4.19. The van der Waals surface area contributed by atoms with Crippen molar-refractivity contribution in [2.24, 2.45) is 5.92 Å². The van der Waals surface area contributed by atoms with Crippen LogP contribution >= 0.6 is 0 Å². The molecule has 26 heavy (non-hydrogen) atoms. The van der Waals surface area contributed by atoms with E-state index < -0.39 is 5.97 Å². The SMILES string of the molecule is Cc1cc(CN2CCC(C(=O)O)C(c3ccccc3)C2)nc(N(C)C)n1. The first kappa shape index (κ1) is 18.3. The number of likely N-dealkylation sites (tertiary alicyclic amines) is 1. The van der Waals surface area contributed by atoms with E-state index in [9.17, 15) is 9.90 Å². The van der Waals surface area contributed by atoms with E-state index in [0.717, 1.165) is 30.0 Å². The van der Waals surface area contributed by atoms with Crippen molar-refractivity contribution < 1.29 is 9.90 Å². The first-order valence-corrected chi connectivity index (χ1v) is 8.96. The summed E-state index contributed by atoms with van der Waals surface area (Å²) in [5.74, 6) is -0.330. The molecule has 2 heterocycles. The Hall–Kier alpha value is -2.47. The molecule has 1 aromatic carbocycles. The summed E-state index contributed by atoms with van der Waals surface area (Å²) in [6, 6.07) is 12.0. The van der Waals surface area contributed by atoms with Crippen LogP contribution in [0.15, 0.2) is 36.4 Å². The molecule has 1 saturated heterocycles. The quantitative estimate of drug-likeness (QED) is 0.890. The fourth-order valence-electron chi connectivity index (χ4n) is 3.62. The zero-order chi connectivity index (χ0) is 18.7. The summed E-state index contributed by atoms with van der Waals surface area (Å²) in [6.07, 6.45) is 0.652. The maximum absolute atomic E-state index is 11.7. The van der Waals surface area contributed by atoms with Crippen molar-refractivity contribution in [1.29, 1.82) is 0 Å². The van der Waals surface area contributed by atoms with E-state index in [4.69, 9.17) is 0 Å². The third-order valence-electron chi connectivity index (χ3n) is 4.92. The fourth-order valence-corrected chi connectivity index (χ4v) is 3.62. The predicted molar refractivity (Wildman–Crippen MR) is 101 cm³/mol. The van der Waals surface area contributed by atoms with Crippen molar-refractivity contribution >= 4 is 11.9 Å². The number of aromatic nitrogens is 2. The fraction of sp³-hybridized carbons (Fsp3) is 0.450. The minimum atomic E-state index is -0.703. The van der Waals surface area contributed by atoms with E-state index in [2.05, 4.69) is 14.9 Å². The normalized spacial score (nSPS) is 20.7. The van der Waals surface area contributed by atoms with Gasteiger partial charge in [0.1, 0.15) is 0 Å². The van der Waals surface area contributed by atoms with Crippen molar-refractivity contribution in [3.05, 3.63) is 53.3 Å². The summed E-state index contributed by atoms with van der Waals surface area (Å²) in [6.45, 7) is 4.17. The zero-order valence-corrected chi connectivity index (χ0v) is 15.6. The molecule has 1 aliphatic heterocycles. The van der Waals surface area contributed by atoms with Gasteiger partial charge in [0.15, 0.2) is 0 Å². The topological polar surface area (TPSA) is 69.6 Å². The highest BCUT2D eigenvalue weighted by molar-refractivity contribution is 5.71. The Bertz CT molecular complexity index is 764. The van der Waals surface area contributed by atoms with Crippen LogP contribution in [-0.2, 0) is 11.3 Å². The zero-order valence-electron chi connectivity index (χ0n) is 15.6. The van der Waals surface area contributed by atoms with Gasteiger partial charge in [-0.3, -0.25) is 9.69 Å². The van der Waals surface area contributed by atoms with Gasteiger partial charge in [-0.25, -0.2) is 9.97 Å². The maximum atomic E-state index is 11.7. The molecule has 1 fully saturated rings. The lowest BCUT2D eigenvalue weighted by Gasteiger charge is -2.37. The number of nitrogens with zero attached hydrogens (tertiary/aromatic N) is 4. The second kappa shape index (κ2) is 7.83. The molecule has 2 unspecified atom stereocenters. The highest BCUT2D eigenvalue weighted by Crippen LogP contribution is 2.33. The number of aliphatic carboxylic acids is 1. The van der Waals surface area contributed by atoms with E-state index in [1.807, 2.05) is 62.3 Å². The number of hydrogen-bond acceptors (Lipinski definition) is 5. The highest BCUT2D eigenvalue weighted by Gasteiger charge is 2.35. The van der Waals surface area contributed by atoms with Gasteiger partial charge in [0.05, 0.1) is 11.6 Å². The average Bonchev–Trinajstić information content (AvgIpc) is 2.61. The van der Waals surface area contributed by atoms with Gasteiger partial charge in [0.2, 0.25) is 5.95 Å². The largest absolute Gasteiger partial charge is 0.481 e. The lowest BCUT2D eigenvalue weighted by molar-refractivity contribution is -0.144. The number of carboxylic acids is 1. The molecule has 2 aromatic rings. The predicted octanol–water partition coefficient (Wildman–Crippen LogP) is 2.54. The molecule has 1 aromatic heterocycles. The monoisotopic (exact) mass is 354 g/mol. The van der Waals surface area contributed by atoms with Crippen molar-refractivity contribution in [2.45, 2.75) is 25.8 Å². The highest BCUT2D eigenvalue weighted by atomic mass is 16.4. The average molecular weight is 354 g/mol. The van der Waals surface area contributed by atoms with Gasteiger partial charge >= 0.3 is 5.97 Å². The number of anilines is 1. The number of benzene rings is 1. The molecule has 3 rings (SSSR count). The number of carboxylic acid groups (broad SMARTS) is 1. The lowest BCUT2D eigenvalue weighted by Crippen LogP contribution is -2.41. The molecule has 6 heteroatoms. The van der Waals surface area contributed by atoms with E-state index >= 15 is 0 Å². The van der Waals surface area contributed by atoms with E-state index in [-0.39, 0.29) is 11.8 Å². The van der Waals surface area contributed by atoms with Gasteiger partial charge in [-0.15, -0.1) is 0 Å². The number of hydrogen-bond donors (Lipinski definition) is 1. The summed E-state index contributed by atoms with van der Waals surface area (Å²) in [4.78, 5) is 25.0. The van der Waals surface area contributed by atoms with Crippen LogP contribution in [0.2, 0.25) is 0 Å². The Balaban J connectivity index is 1.79. The van der Waals surface area contributed by atoms with Crippen molar-refractivity contribution in [2.75, 3.05) is 32.1 Å². The Kier molecular flexibility index (Phi) is 5.52. The number of aryl methyl sites for hydroxylation is 1. The Labute approximate surface area is 154 Å². The number of piperidine rings is 1. The van der Waals surface area contributed by atoms with E-state index in [1.54, 1.807) is 0 Å². The van der Waals surface area contributed by atoms with Crippen molar-refractivity contribution in [3.63, 3.8) is 0 Å². The minimum Gasteiger partial charge on any atom is -0.481 e. The molecule has 0 bridgehead atoms. The second-order valence-electron chi connectivity index (χ2n) is 7.18. The molecule has 138 valence electrons. The van der Waals surface area contributed by atoms with E-state index in [0.29, 0.717) is 18.9 Å². The standard InChI is InChI=1S/C20H26N4O2/c1-14-11-16(22-20(21-14)23(2)3)12-24-10-9-17(19(25)26)18(13-24)15-7-5-4-6-8-15/h4-8,11,17-18H,9-10,12-13H2,1-3H3,(H,25,26). The van der Waals surface area contributed by atoms with Crippen LogP contribution in [0.5, 0.6) is 0 Å². The molecule has 2 atom stereocenters. The van der Waals surface area contributed by atoms with Crippen LogP contribution in [0.1, 0.15) is 29.3 Å². The van der Waals surface area contributed by atoms with Crippen LogP contribution in [-0.4, -0.2) is 53.1 Å². The van der Waals surface area contributed by atoms with Crippen LogP contribution in [0.3, 0.4) is 0 Å². The van der Waals surface area contributed by atoms with Crippen LogP contribution in [0.25, 0.3) is 0 Å². The summed E-state index contributed by atoms with van der Waals surface area (Å²) in [5.41, 5.74) is 3.01. The second-order valence-corrected chi connectivity index (χ2v) is 7.18. The van der Waals surface area contributed by atoms with Gasteiger partial charge in [-0.1, -0.05) is 30.3 Å². The molecular formula is C20H26N4O2. The maximum Gasteiger partial charge on any atom is 0.307 e. The summed E-state index contributed by atoms with van der Waals surface area (Å²) >= 11 is 0. The number of rotatable bonds is 5. The first-order valence-electron chi connectivity index (χ1n) is 8.96. The van der Waals surface area contributed by atoms with Crippen LogP contribution in [0, 0.1) is 12.8 Å². The van der Waals surface area contributed by atoms with E-state index in [1.165, 1.54) is 0 Å². The minimum absolute atomic E-state index is 0.00120. The van der Waals surface area contributed by atoms with Gasteiger partial charge in [0, 0.05) is 38.8 Å². The smallest absolute Gasteiger partial charge is 0.307 e. The van der Waals surface area contributed by atoms with Crippen LogP contribution < -0.4 is 4.90 Å². The molecule has 0 radical (unpaired) electrons. The third-order valence-corrected chi connectivity index (χ3v) is 4.92.